The average Bonchev–Trinajstić information content (AvgIpc) is 2.88. The van der Waals surface area contributed by atoms with E-state index in [1.165, 1.54) is 24.0 Å². The summed E-state index contributed by atoms with van der Waals surface area (Å²) in [6.45, 7) is 13.4. The Hall–Kier alpha value is -1.10. The molecule has 0 saturated heterocycles. The highest BCUT2D eigenvalue weighted by molar-refractivity contribution is 5.22. The van der Waals surface area contributed by atoms with Crippen LogP contribution < -0.4 is 33.6 Å². The number of hydrogen-bond donors (Lipinski definition) is 6. The van der Waals surface area contributed by atoms with Gasteiger partial charge in [-0.15, -0.1) is 0 Å². The van der Waals surface area contributed by atoms with Crippen LogP contribution in [0.1, 0.15) is 56.1 Å². The van der Waals surface area contributed by atoms with E-state index in [2.05, 4.69) is 44.7 Å². The van der Waals surface area contributed by atoms with E-state index in [-0.39, 0.29) is 0 Å². The van der Waals surface area contributed by atoms with Gasteiger partial charge in [-0.2, -0.15) is 0 Å². The molecule has 0 fully saturated rings. The summed E-state index contributed by atoms with van der Waals surface area (Å²) in [5.74, 6) is 0. The SMILES string of the molecule is NCCCNCCCCN(CCCN)Cc1ccc(CN(CCCN)CCCNCCCN)cc1. The summed E-state index contributed by atoms with van der Waals surface area (Å²) in [5.41, 5.74) is 25.4. The minimum atomic E-state index is 0.743. The van der Waals surface area contributed by atoms with Crippen molar-refractivity contribution in [1.82, 2.24) is 20.4 Å². The van der Waals surface area contributed by atoms with Gasteiger partial charge in [-0.25, -0.2) is 0 Å². The average molecular weight is 493 g/mol. The molecule has 0 aliphatic rings. The number of nitrogens with two attached hydrogens (primary N) is 4. The highest BCUT2D eigenvalue weighted by Gasteiger charge is 2.08. The molecule has 0 aliphatic heterocycles. The predicted octanol–water partition coefficient (Wildman–Crippen LogP) is 1.04. The van der Waals surface area contributed by atoms with Crippen molar-refractivity contribution in [3.8, 4) is 0 Å². The lowest BCUT2D eigenvalue weighted by Crippen LogP contribution is -2.30. The van der Waals surface area contributed by atoms with E-state index in [4.69, 9.17) is 22.9 Å². The van der Waals surface area contributed by atoms with Gasteiger partial charge in [0.1, 0.15) is 0 Å². The number of hydrogen-bond acceptors (Lipinski definition) is 8. The molecule has 8 heteroatoms. The molecular formula is C27H56N8. The molecule has 35 heavy (non-hydrogen) atoms. The Morgan fingerprint density at radius 2 is 0.829 bits per heavy atom. The monoisotopic (exact) mass is 492 g/mol. The Balaban J connectivity index is 2.47. The number of nitrogens with one attached hydrogen (secondary N) is 2. The summed E-state index contributed by atoms with van der Waals surface area (Å²) < 4.78 is 0. The fourth-order valence-corrected chi connectivity index (χ4v) is 4.15. The van der Waals surface area contributed by atoms with Crippen molar-refractivity contribution in [2.45, 2.75) is 58.0 Å². The van der Waals surface area contributed by atoms with Crippen LogP contribution >= 0.6 is 0 Å². The third kappa shape index (κ3) is 17.9. The maximum Gasteiger partial charge on any atom is 0.0233 e. The van der Waals surface area contributed by atoms with Crippen molar-refractivity contribution in [1.29, 1.82) is 0 Å². The Bertz CT molecular complexity index is 569. The maximum atomic E-state index is 5.79. The van der Waals surface area contributed by atoms with Crippen molar-refractivity contribution in [2.75, 3.05) is 78.5 Å². The Labute approximate surface area is 215 Å². The van der Waals surface area contributed by atoms with Crippen molar-refractivity contribution in [3.63, 3.8) is 0 Å². The van der Waals surface area contributed by atoms with Gasteiger partial charge in [0.05, 0.1) is 0 Å². The number of benzene rings is 1. The van der Waals surface area contributed by atoms with E-state index in [0.717, 1.165) is 124 Å². The second-order valence-corrected chi connectivity index (χ2v) is 9.50. The minimum absolute atomic E-state index is 0.743. The first-order valence-corrected chi connectivity index (χ1v) is 14.0. The minimum Gasteiger partial charge on any atom is -0.330 e. The lowest BCUT2D eigenvalue weighted by Gasteiger charge is -2.24. The zero-order chi connectivity index (χ0) is 25.4. The molecule has 0 aliphatic carbocycles. The first-order valence-electron chi connectivity index (χ1n) is 14.0. The molecule has 10 N–H and O–H groups in total. The van der Waals surface area contributed by atoms with Gasteiger partial charge in [0.2, 0.25) is 0 Å². The van der Waals surface area contributed by atoms with E-state index in [9.17, 15) is 0 Å². The molecule has 1 aromatic rings. The van der Waals surface area contributed by atoms with Crippen LogP contribution in [0.25, 0.3) is 0 Å². The molecule has 0 amide bonds. The molecule has 1 aromatic carbocycles. The zero-order valence-corrected chi connectivity index (χ0v) is 22.4. The molecule has 0 saturated carbocycles. The van der Waals surface area contributed by atoms with Gasteiger partial charge in [-0.05, 0) is 135 Å². The maximum absolute atomic E-state index is 5.79. The Morgan fingerprint density at radius 1 is 0.457 bits per heavy atom. The topological polar surface area (TPSA) is 135 Å². The van der Waals surface area contributed by atoms with E-state index in [0.29, 0.717) is 0 Å². The standard InChI is InChI=1S/C27H56N8/c28-12-3-17-32-16-1-2-20-34(21-5-14-30)24-26-8-10-27(11-9-26)25-35(22-6-15-31)23-7-19-33-18-4-13-29/h8-11,32-33H,1-7,12-25,28-31H2. The normalized spacial score (nSPS) is 11.7. The van der Waals surface area contributed by atoms with Gasteiger partial charge in [-0.3, -0.25) is 9.80 Å². The van der Waals surface area contributed by atoms with Crippen LogP contribution in [-0.2, 0) is 13.1 Å². The summed E-state index contributed by atoms with van der Waals surface area (Å²) >= 11 is 0. The van der Waals surface area contributed by atoms with Crippen LogP contribution in [0.3, 0.4) is 0 Å². The van der Waals surface area contributed by atoms with Gasteiger partial charge in [0.25, 0.3) is 0 Å². The molecule has 0 bridgehead atoms. The van der Waals surface area contributed by atoms with Crippen LogP contribution in [0, 0.1) is 0 Å². The molecule has 1 rings (SSSR count). The molecule has 0 unspecified atom stereocenters. The van der Waals surface area contributed by atoms with Crippen molar-refractivity contribution in [3.05, 3.63) is 35.4 Å². The smallest absolute Gasteiger partial charge is 0.0233 e. The summed E-state index contributed by atoms with van der Waals surface area (Å²) in [4.78, 5) is 5.08. The van der Waals surface area contributed by atoms with E-state index >= 15 is 0 Å². The summed E-state index contributed by atoms with van der Waals surface area (Å²) in [5, 5.41) is 6.95. The number of nitrogens with zero attached hydrogens (tertiary/aromatic N) is 2. The van der Waals surface area contributed by atoms with Gasteiger partial charge in [-0.1, -0.05) is 24.3 Å². The fraction of sp³-hybridized carbons (Fsp3) is 0.778. The number of rotatable bonds is 25. The molecule has 0 radical (unpaired) electrons. The molecular weight excluding hydrogens is 436 g/mol. The third-order valence-corrected chi connectivity index (χ3v) is 6.21. The third-order valence-electron chi connectivity index (χ3n) is 6.21. The predicted molar refractivity (Wildman–Crippen MR) is 151 cm³/mol. The second-order valence-electron chi connectivity index (χ2n) is 9.50. The van der Waals surface area contributed by atoms with E-state index in [1.54, 1.807) is 0 Å². The van der Waals surface area contributed by atoms with Gasteiger partial charge < -0.3 is 33.6 Å². The molecule has 204 valence electrons. The molecule has 0 spiro atoms. The zero-order valence-electron chi connectivity index (χ0n) is 22.4. The lowest BCUT2D eigenvalue weighted by atomic mass is 10.1. The molecule has 8 nitrogen and oxygen atoms in total. The van der Waals surface area contributed by atoms with Crippen LogP contribution in [0.4, 0.5) is 0 Å². The Kier molecular flexibility index (Phi) is 21.3. The fourth-order valence-electron chi connectivity index (χ4n) is 4.15. The van der Waals surface area contributed by atoms with Gasteiger partial charge >= 0.3 is 0 Å². The van der Waals surface area contributed by atoms with Crippen molar-refractivity contribution >= 4 is 0 Å². The van der Waals surface area contributed by atoms with E-state index < -0.39 is 0 Å². The Morgan fingerprint density at radius 3 is 1.29 bits per heavy atom. The van der Waals surface area contributed by atoms with Crippen LogP contribution in [-0.4, -0.2) is 88.3 Å². The first kappa shape index (κ1) is 31.9. The summed E-state index contributed by atoms with van der Waals surface area (Å²) in [6.07, 6.45) is 7.72. The lowest BCUT2D eigenvalue weighted by molar-refractivity contribution is 0.256. The molecule has 0 aromatic heterocycles. The van der Waals surface area contributed by atoms with Crippen molar-refractivity contribution < 1.29 is 0 Å². The van der Waals surface area contributed by atoms with Crippen LogP contribution in [0.15, 0.2) is 24.3 Å². The van der Waals surface area contributed by atoms with Crippen LogP contribution in [0.5, 0.6) is 0 Å². The van der Waals surface area contributed by atoms with Crippen LogP contribution in [0.2, 0.25) is 0 Å². The molecule has 0 heterocycles. The van der Waals surface area contributed by atoms with E-state index in [1.807, 2.05) is 0 Å². The van der Waals surface area contributed by atoms with Crippen molar-refractivity contribution in [2.24, 2.45) is 22.9 Å². The first-order chi connectivity index (χ1) is 17.2. The summed E-state index contributed by atoms with van der Waals surface area (Å²) in [7, 11) is 0. The number of unbranched alkanes of at least 4 members (excludes halogenated alkanes) is 1. The largest absolute Gasteiger partial charge is 0.330 e. The second kappa shape index (κ2) is 23.3. The van der Waals surface area contributed by atoms with Gasteiger partial charge in [0, 0.05) is 13.1 Å². The summed E-state index contributed by atoms with van der Waals surface area (Å²) in [6, 6.07) is 9.20. The molecule has 0 atom stereocenters. The van der Waals surface area contributed by atoms with Gasteiger partial charge in [0.15, 0.2) is 0 Å². The highest BCUT2D eigenvalue weighted by Crippen LogP contribution is 2.12. The highest BCUT2D eigenvalue weighted by atomic mass is 15.1. The quantitative estimate of drug-likeness (QED) is 0.111.